The van der Waals surface area contributed by atoms with Crippen LogP contribution < -0.4 is 0 Å². The molecular formula is C19H22ClF3N4O3S. The summed E-state index contributed by atoms with van der Waals surface area (Å²) in [6.07, 6.45) is -4.47. The Kier molecular flexibility index (Phi) is 6.68. The summed E-state index contributed by atoms with van der Waals surface area (Å²) in [5.74, 6) is -0.137. The SMILES string of the molecule is Cc1cc(C)n(CCC(=O)N2CCN(S(=O)(=O)c3cc(C(F)(F)F)ccc3Cl)CC2)n1. The van der Waals surface area contributed by atoms with Crippen molar-refractivity contribution in [3.05, 3.63) is 46.2 Å². The number of aromatic nitrogens is 2. The Morgan fingerprint density at radius 3 is 2.32 bits per heavy atom. The number of alkyl halides is 3. The number of rotatable bonds is 5. The van der Waals surface area contributed by atoms with Gasteiger partial charge < -0.3 is 4.90 Å². The zero-order chi connectivity index (χ0) is 23.0. The van der Waals surface area contributed by atoms with E-state index in [1.165, 1.54) is 0 Å². The van der Waals surface area contributed by atoms with E-state index < -0.39 is 26.7 Å². The van der Waals surface area contributed by atoms with E-state index in [1.807, 2.05) is 19.9 Å². The Bertz CT molecular complexity index is 1080. The van der Waals surface area contributed by atoms with Gasteiger partial charge in [0.15, 0.2) is 0 Å². The predicted molar refractivity (Wildman–Crippen MR) is 108 cm³/mol. The van der Waals surface area contributed by atoms with Gasteiger partial charge in [-0.1, -0.05) is 11.6 Å². The number of carbonyl (C=O) groups is 1. The number of aryl methyl sites for hydroxylation is 3. The van der Waals surface area contributed by atoms with Crippen molar-refractivity contribution in [1.82, 2.24) is 19.0 Å². The third-order valence-electron chi connectivity index (χ3n) is 5.11. The molecule has 31 heavy (non-hydrogen) atoms. The van der Waals surface area contributed by atoms with Gasteiger partial charge >= 0.3 is 6.18 Å². The molecule has 1 fully saturated rings. The molecule has 1 aromatic carbocycles. The fourth-order valence-electron chi connectivity index (χ4n) is 3.46. The van der Waals surface area contributed by atoms with Gasteiger partial charge in [0.1, 0.15) is 4.90 Å². The predicted octanol–water partition coefficient (Wildman–Crippen LogP) is 3.10. The maximum Gasteiger partial charge on any atom is 0.416 e. The van der Waals surface area contributed by atoms with Gasteiger partial charge in [-0.25, -0.2) is 8.42 Å². The summed E-state index contributed by atoms with van der Waals surface area (Å²) in [5.41, 5.74) is 0.713. The maximum atomic E-state index is 13.0. The standard InChI is InChI=1S/C19H22ClF3N4O3S/c1-13-11-14(2)27(24-13)6-5-18(28)25-7-9-26(10-8-25)31(29,30)17-12-15(19(21,22)23)3-4-16(17)20/h3-4,11-12H,5-10H2,1-2H3. The zero-order valence-electron chi connectivity index (χ0n) is 17.0. The summed E-state index contributed by atoms with van der Waals surface area (Å²) in [6.45, 7) is 4.41. The first-order chi connectivity index (χ1) is 14.4. The molecule has 3 rings (SSSR count). The van der Waals surface area contributed by atoms with Crippen LogP contribution in [0, 0.1) is 13.8 Å². The lowest BCUT2D eigenvalue weighted by Gasteiger charge is -2.34. The summed E-state index contributed by atoms with van der Waals surface area (Å²) in [4.78, 5) is 13.5. The minimum atomic E-state index is -4.69. The normalized spacial score (nSPS) is 16.0. The maximum absolute atomic E-state index is 13.0. The zero-order valence-corrected chi connectivity index (χ0v) is 18.6. The molecule has 0 spiro atoms. The van der Waals surface area contributed by atoms with Crippen LogP contribution in [0.1, 0.15) is 23.4 Å². The highest BCUT2D eigenvalue weighted by Gasteiger charge is 2.35. The van der Waals surface area contributed by atoms with E-state index >= 15 is 0 Å². The van der Waals surface area contributed by atoms with Crippen molar-refractivity contribution < 1.29 is 26.4 Å². The van der Waals surface area contributed by atoms with Gasteiger partial charge in [-0.3, -0.25) is 9.48 Å². The number of halogens is 4. The minimum absolute atomic E-state index is 0.0272. The van der Waals surface area contributed by atoms with Crippen molar-refractivity contribution in [2.75, 3.05) is 26.2 Å². The van der Waals surface area contributed by atoms with Crippen LogP contribution in [-0.2, 0) is 27.5 Å². The molecule has 2 heterocycles. The summed E-state index contributed by atoms with van der Waals surface area (Å²) in [6, 6.07) is 4.12. The lowest BCUT2D eigenvalue weighted by atomic mass is 10.2. The van der Waals surface area contributed by atoms with Gasteiger partial charge in [-0.15, -0.1) is 0 Å². The third kappa shape index (κ3) is 5.21. The minimum Gasteiger partial charge on any atom is -0.340 e. The molecule has 0 radical (unpaired) electrons. The highest BCUT2D eigenvalue weighted by atomic mass is 35.5. The average Bonchev–Trinajstić information content (AvgIpc) is 3.02. The molecular weight excluding hydrogens is 457 g/mol. The number of nitrogens with zero attached hydrogens (tertiary/aromatic N) is 4. The number of hydrogen-bond acceptors (Lipinski definition) is 4. The topological polar surface area (TPSA) is 75.5 Å². The first kappa shape index (κ1) is 23.6. The van der Waals surface area contributed by atoms with Crippen molar-refractivity contribution in [3.8, 4) is 0 Å². The summed E-state index contributed by atoms with van der Waals surface area (Å²) in [7, 11) is -4.23. The fourth-order valence-corrected chi connectivity index (χ4v) is 5.38. The monoisotopic (exact) mass is 478 g/mol. The van der Waals surface area contributed by atoms with Crippen LogP contribution in [0.25, 0.3) is 0 Å². The van der Waals surface area contributed by atoms with Crippen molar-refractivity contribution in [2.24, 2.45) is 0 Å². The van der Waals surface area contributed by atoms with Gasteiger partial charge in [-0.2, -0.15) is 22.6 Å². The van der Waals surface area contributed by atoms with Crippen molar-refractivity contribution in [3.63, 3.8) is 0 Å². The second-order valence-corrected chi connectivity index (χ2v) is 9.64. The van der Waals surface area contributed by atoms with E-state index in [2.05, 4.69) is 5.10 Å². The number of carbonyl (C=O) groups excluding carboxylic acids is 1. The summed E-state index contributed by atoms with van der Waals surface area (Å²) >= 11 is 5.90. The first-order valence-corrected chi connectivity index (χ1v) is 11.4. The van der Waals surface area contributed by atoms with Crippen LogP contribution in [0.5, 0.6) is 0 Å². The molecule has 1 saturated heterocycles. The van der Waals surface area contributed by atoms with Crippen molar-refractivity contribution >= 4 is 27.5 Å². The Morgan fingerprint density at radius 1 is 1.13 bits per heavy atom. The fraction of sp³-hybridized carbons (Fsp3) is 0.474. The van der Waals surface area contributed by atoms with E-state index in [0.29, 0.717) is 12.6 Å². The molecule has 0 saturated carbocycles. The number of amides is 1. The largest absolute Gasteiger partial charge is 0.416 e. The van der Waals surface area contributed by atoms with Gasteiger partial charge in [0.25, 0.3) is 0 Å². The Hall–Kier alpha value is -2.11. The van der Waals surface area contributed by atoms with Crippen LogP contribution in [0.3, 0.4) is 0 Å². The van der Waals surface area contributed by atoms with Crippen molar-refractivity contribution in [2.45, 2.75) is 37.9 Å². The molecule has 0 N–H and O–H groups in total. The molecule has 1 aliphatic rings. The van der Waals surface area contributed by atoms with Crippen LogP contribution >= 0.6 is 11.6 Å². The lowest BCUT2D eigenvalue weighted by molar-refractivity contribution is -0.137. The van der Waals surface area contributed by atoms with Gasteiger partial charge in [-0.05, 0) is 38.1 Å². The molecule has 0 atom stereocenters. The Balaban J connectivity index is 1.64. The first-order valence-electron chi connectivity index (χ1n) is 9.55. The molecule has 12 heteroatoms. The summed E-state index contributed by atoms with van der Waals surface area (Å²) < 4.78 is 67.5. The quantitative estimate of drug-likeness (QED) is 0.662. The second-order valence-electron chi connectivity index (χ2n) is 7.33. The molecule has 170 valence electrons. The lowest BCUT2D eigenvalue weighted by Crippen LogP contribution is -2.50. The van der Waals surface area contributed by atoms with Crippen LogP contribution in [0.15, 0.2) is 29.2 Å². The molecule has 2 aromatic rings. The number of hydrogen-bond donors (Lipinski definition) is 0. The number of benzene rings is 1. The molecule has 7 nitrogen and oxygen atoms in total. The van der Waals surface area contributed by atoms with E-state index in [0.717, 1.165) is 27.8 Å². The van der Waals surface area contributed by atoms with Crippen LogP contribution in [0.2, 0.25) is 5.02 Å². The van der Waals surface area contributed by atoms with E-state index in [1.54, 1.807) is 9.58 Å². The molecule has 1 amide bonds. The number of sulfonamides is 1. The Morgan fingerprint density at radius 2 is 1.77 bits per heavy atom. The highest BCUT2D eigenvalue weighted by molar-refractivity contribution is 7.89. The molecule has 1 aliphatic heterocycles. The van der Waals surface area contributed by atoms with Gasteiger partial charge in [0.2, 0.25) is 15.9 Å². The van der Waals surface area contributed by atoms with E-state index in [-0.39, 0.29) is 43.5 Å². The van der Waals surface area contributed by atoms with E-state index in [9.17, 15) is 26.4 Å². The molecule has 0 bridgehead atoms. The number of piperazine rings is 1. The summed E-state index contributed by atoms with van der Waals surface area (Å²) in [5, 5.41) is 4.02. The molecule has 1 aromatic heterocycles. The molecule has 0 aliphatic carbocycles. The van der Waals surface area contributed by atoms with Gasteiger partial charge in [0, 0.05) is 44.8 Å². The van der Waals surface area contributed by atoms with E-state index in [4.69, 9.17) is 11.6 Å². The smallest absolute Gasteiger partial charge is 0.340 e. The second kappa shape index (κ2) is 8.79. The highest BCUT2D eigenvalue weighted by Crippen LogP contribution is 2.34. The van der Waals surface area contributed by atoms with Crippen LogP contribution in [0.4, 0.5) is 13.2 Å². The third-order valence-corrected chi connectivity index (χ3v) is 7.49. The van der Waals surface area contributed by atoms with Crippen molar-refractivity contribution in [1.29, 1.82) is 0 Å². The average molecular weight is 479 g/mol. The van der Waals surface area contributed by atoms with Crippen LogP contribution in [-0.4, -0.2) is 59.5 Å². The van der Waals surface area contributed by atoms with Gasteiger partial charge in [0.05, 0.1) is 16.3 Å². The Labute approximate surface area is 183 Å². The molecule has 0 unspecified atom stereocenters.